The summed E-state index contributed by atoms with van der Waals surface area (Å²) in [6.45, 7) is 7.68. The lowest BCUT2D eigenvalue weighted by Crippen LogP contribution is -2.38. The molecule has 0 bridgehead atoms. The number of nitrogen functional groups attached to an aromatic ring is 1. The van der Waals surface area contributed by atoms with Crippen molar-refractivity contribution in [3.8, 4) is 5.88 Å². The zero-order chi connectivity index (χ0) is 25.3. The summed E-state index contributed by atoms with van der Waals surface area (Å²) >= 11 is 0. The Bertz CT molecular complexity index is 900. The van der Waals surface area contributed by atoms with Crippen molar-refractivity contribution in [2.45, 2.75) is 71.6 Å². The van der Waals surface area contributed by atoms with Gasteiger partial charge in [0, 0.05) is 11.8 Å². The molecule has 0 radical (unpaired) electrons. The van der Waals surface area contributed by atoms with Gasteiger partial charge in [0.1, 0.15) is 6.29 Å². The average molecular weight is 475 g/mol. The average Bonchev–Trinajstić information content (AvgIpc) is 3.68. The Labute approximate surface area is 201 Å². The smallest absolute Gasteiger partial charge is 0.238 e. The monoisotopic (exact) mass is 474 g/mol. The number of anilines is 1. The van der Waals surface area contributed by atoms with Crippen LogP contribution in [0.2, 0.25) is 0 Å². The molecule has 1 atom stereocenters. The van der Waals surface area contributed by atoms with Gasteiger partial charge < -0.3 is 25.7 Å². The van der Waals surface area contributed by atoms with Crippen molar-refractivity contribution in [1.29, 1.82) is 0 Å². The summed E-state index contributed by atoms with van der Waals surface area (Å²) in [5.41, 5.74) is 7.50. The number of hydrogen-bond donors (Lipinski definition) is 3. The first-order valence-corrected chi connectivity index (χ1v) is 11.6. The summed E-state index contributed by atoms with van der Waals surface area (Å²) in [4.78, 5) is 21.1. The first-order valence-electron chi connectivity index (χ1n) is 11.6. The van der Waals surface area contributed by atoms with Crippen molar-refractivity contribution in [2.75, 3.05) is 12.8 Å². The number of ether oxygens (including phenoxy) is 1. The van der Waals surface area contributed by atoms with Crippen LogP contribution in [0.3, 0.4) is 0 Å². The van der Waals surface area contributed by atoms with Crippen molar-refractivity contribution >= 4 is 18.4 Å². The van der Waals surface area contributed by atoms with Crippen LogP contribution in [0, 0.1) is 24.7 Å². The Kier molecular flexibility index (Phi) is 9.97. The maximum absolute atomic E-state index is 10.8. The van der Waals surface area contributed by atoms with E-state index in [0.29, 0.717) is 42.3 Å². The predicted octanol–water partition coefficient (Wildman–Crippen LogP) is 2.13. The number of nitrogens with two attached hydrogens (primary N) is 1. The van der Waals surface area contributed by atoms with Crippen molar-refractivity contribution in [2.24, 2.45) is 17.8 Å². The maximum atomic E-state index is 10.8. The van der Waals surface area contributed by atoms with Crippen molar-refractivity contribution in [3.63, 3.8) is 0 Å². The van der Waals surface area contributed by atoms with Gasteiger partial charge in [-0.15, -0.1) is 5.10 Å². The van der Waals surface area contributed by atoms with E-state index in [9.17, 15) is 9.59 Å². The molecule has 2 fully saturated rings. The molecule has 10 nitrogen and oxygen atoms in total. The molecular formula is C24H38N6O4. The van der Waals surface area contributed by atoms with Gasteiger partial charge in [0.15, 0.2) is 0 Å². The first-order chi connectivity index (χ1) is 16.0. The van der Waals surface area contributed by atoms with Crippen LogP contribution in [0.1, 0.15) is 57.7 Å². The van der Waals surface area contributed by atoms with Gasteiger partial charge in [0.05, 0.1) is 42.9 Å². The lowest BCUT2D eigenvalue weighted by molar-refractivity contribution is -0.116. The number of carbonyl (C=O) groups excluding carboxylic acids is 2. The Morgan fingerprint density at radius 2 is 1.82 bits per heavy atom. The Hall–Kier alpha value is -3.01. The minimum absolute atomic E-state index is 0.225. The van der Waals surface area contributed by atoms with Crippen LogP contribution in [0.4, 0.5) is 5.69 Å². The number of aromatic nitrogens is 4. The normalized spacial score (nSPS) is 15.9. The highest BCUT2D eigenvalue weighted by molar-refractivity contribution is 5.64. The molecule has 4 N–H and O–H groups in total. The number of rotatable bonds is 9. The summed E-state index contributed by atoms with van der Waals surface area (Å²) in [6.07, 6.45) is 9.88. The molecule has 4 rings (SSSR count). The molecule has 2 aliphatic carbocycles. The van der Waals surface area contributed by atoms with Crippen LogP contribution < -0.4 is 15.8 Å². The standard InChI is InChI=1S/C10H13N5O.C10H15NO2.C4H10O/c1-7-3-8(10(16-2)14-13-7)5-15-6-9(11)4-12-15;12-5-9(11-6-13)10(7-1-2-7)8-3-4-8;1-4(2,3)5/h3-4,6H,5,11H2,1-2H3;5-10H,1-4H2,(H,11,13);5H,1-3H3. The molecule has 34 heavy (non-hydrogen) atoms. The van der Waals surface area contributed by atoms with Crippen LogP contribution in [0.25, 0.3) is 0 Å². The number of aldehydes is 1. The molecule has 1 amide bonds. The molecule has 2 heterocycles. The lowest BCUT2D eigenvalue weighted by atomic mass is 9.90. The molecular weight excluding hydrogens is 436 g/mol. The quantitative estimate of drug-likeness (QED) is 0.469. The van der Waals surface area contributed by atoms with E-state index < -0.39 is 5.60 Å². The summed E-state index contributed by atoms with van der Waals surface area (Å²) in [5.74, 6) is 2.35. The van der Waals surface area contributed by atoms with Gasteiger partial charge in [-0.2, -0.15) is 10.2 Å². The van der Waals surface area contributed by atoms with Crippen LogP contribution in [-0.4, -0.2) is 56.5 Å². The molecule has 0 spiro atoms. The third-order valence-electron chi connectivity index (χ3n) is 5.29. The van der Waals surface area contributed by atoms with E-state index in [0.717, 1.165) is 17.5 Å². The second kappa shape index (κ2) is 12.5. The lowest BCUT2D eigenvalue weighted by Gasteiger charge is -2.21. The minimum atomic E-state index is -0.500. The fraction of sp³-hybridized carbons (Fsp3) is 0.625. The molecule has 0 aromatic carbocycles. The number of carbonyl (C=O) groups is 2. The molecule has 1 unspecified atom stereocenters. The van der Waals surface area contributed by atoms with Gasteiger partial charge in [-0.05, 0) is 77.2 Å². The molecule has 2 saturated carbocycles. The van der Waals surface area contributed by atoms with E-state index in [-0.39, 0.29) is 6.04 Å². The van der Waals surface area contributed by atoms with Crippen molar-refractivity contribution < 1.29 is 19.4 Å². The van der Waals surface area contributed by atoms with Gasteiger partial charge >= 0.3 is 0 Å². The highest BCUT2D eigenvalue weighted by Gasteiger charge is 2.45. The summed E-state index contributed by atoms with van der Waals surface area (Å²) in [7, 11) is 1.57. The van der Waals surface area contributed by atoms with Crippen molar-refractivity contribution in [1.82, 2.24) is 25.3 Å². The summed E-state index contributed by atoms with van der Waals surface area (Å²) in [6, 6.07) is 1.70. The zero-order valence-corrected chi connectivity index (χ0v) is 20.8. The highest BCUT2D eigenvalue weighted by Crippen LogP contribution is 2.50. The SMILES string of the molecule is CC(C)(C)O.COc1nnc(C)cc1Cn1cc(N)cn1.O=CNC(C=O)C(C1CC1)C1CC1. The number of hydrogen-bond acceptors (Lipinski definition) is 8. The Balaban J connectivity index is 0.000000204. The largest absolute Gasteiger partial charge is 0.480 e. The number of aryl methyl sites for hydroxylation is 1. The molecule has 2 aromatic rings. The van der Waals surface area contributed by atoms with E-state index in [1.54, 1.807) is 45.0 Å². The fourth-order valence-electron chi connectivity index (χ4n) is 3.71. The van der Waals surface area contributed by atoms with Crippen LogP contribution in [0.5, 0.6) is 5.88 Å². The minimum Gasteiger partial charge on any atom is -0.480 e. The van der Waals surface area contributed by atoms with Crippen LogP contribution in [-0.2, 0) is 16.1 Å². The maximum Gasteiger partial charge on any atom is 0.238 e. The van der Waals surface area contributed by atoms with Gasteiger partial charge in [-0.3, -0.25) is 9.48 Å². The summed E-state index contributed by atoms with van der Waals surface area (Å²) in [5, 5.41) is 23.1. The van der Waals surface area contributed by atoms with Crippen LogP contribution in [0.15, 0.2) is 18.5 Å². The van der Waals surface area contributed by atoms with E-state index in [1.807, 2.05) is 13.0 Å². The third kappa shape index (κ3) is 9.86. The number of amides is 1. The fourth-order valence-corrected chi connectivity index (χ4v) is 3.71. The van der Waals surface area contributed by atoms with Gasteiger partial charge in [-0.25, -0.2) is 0 Å². The molecule has 2 aliphatic rings. The van der Waals surface area contributed by atoms with E-state index in [2.05, 4.69) is 20.6 Å². The molecule has 0 saturated heterocycles. The second-order valence-electron chi connectivity index (χ2n) is 9.86. The van der Waals surface area contributed by atoms with Crippen molar-refractivity contribution in [3.05, 3.63) is 29.7 Å². The number of nitrogens with one attached hydrogen (secondary N) is 1. The Morgan fingerprint density at radius 1 is 1.24 bits per heavy atom. The second-order valence-corrected chi connectivity index (χ2v) is 9.86. The van der Waals surface area contributed by atoms with Gasteiger partial charge in [0.2, 0.25) is 12.3 Å². The van der Waals surface area contributed by atoms with E-state index >= 15 is 0 Å². The zero-order valence-electron chi connectivity index (χ0n) is 20.8. The topological polar surface area (TPSA) is 145 Å². The first kappa shape index (κ1) is 27.2. The van der Waals surface area contributed by atoms with E-state index in [1.165, 1.54) is 25.7 Å². The number of aliphatic hydroxyl groups is 1. The van der Waals surface area contributed by atoms with Gasteiger partial charge in [-0.1, -0.05) is 0 Å². The number of nitrogens with zero attached hydrogens (tertiary/aromatic N) is 4. The third-order valence-corrected chi connectivity index (χ3v) is 5.29. The number of methoxy groups -OCH3 is 1. The molecule has 0 aliphatic heterocycles. The molecule has 188 valence electrons. The Morgan fingerprint density at radius 3 is 2.24 bits per heavy atom. The summed E-state index contributed by atoms with van der Waals surface area (Å²) < 4.78 is 6.86. The van der Waals surface area contributed by atoms with Crippen LogP contribution >= 0.6 is 0 Å². The molecule has 10 heteroatoms. The predicted molar refractivity (Wildman–Crippen MR) is 129 cm³/mol. The molecule has 2 aromatic heterocycles. The van der Waals surface area contributed by atoms with E-state index in [4.69, 9.17) is 15.6 Å². The van der Waals surface area contributed by atoms with Gasteiger partial charge in [0.25, 0.3) is 0 Å². The highest BCUT2D eigenvalue weighted by atomic mass is 16.5.